The number of hydrogen-bond acceptors (Lipinski definition) is 4. The van der Waals surface area contributed by atoms with E-state index in [1.165, 1.54) is 4.88 Å². The topological polar surface area (TPSA) is 55.2 Å². The van der Waals surface area contributed by atoms with Gasteiger partial charge in [-0.25, -0.2) is 0 Å². The summed E-state index contributed by atoms with van der Waals surface area (Å²) in [5, 5.41) is 16.0. The van der Waals surface area contributed by atoms with Crippen LogP contribution in [0.15, 0.2) is 35.7 Å². The molecular weight excluding hydrogens is 248 g/mol. The molecule has 4 nitrogen and oxygen atoms in total. The molecule has 0 spiro atoms. The number of nitro benzene ring substituents is 1. The summed E-state index contributed by atoms with van der Waals surface area (Å²) in [6, 6.07) is 9.25. The number of thiophene rings is 1. The Kier molecular flexibility index (Phi) is 3.94. The second kappa shape index (κ2) is 5.64. The molecule has 1 aromatic carbocycles. The minimum absolute atomic E-state index is 0.166. The Bertz CT molecular complexity index is 538. The standard InChI is InChI=1S/C13H14N2O2S/c1-10-9-11(4-5-13(10)15(16)17)14-7-6-12-3-2-8-18-12/h2-5,8-9,14H,6-7H2,1H3. The van der Waals surface area contributed by atoms with Gasteiger partial charge >= 0.3 is 0 Å². The van der Waals surface area contributed by atoms with Crippen LogP contribution in [0.3, 0.4) is 0 Å². The van der Waals surface area contributed by atoms with E-state index in [0.29, 0.717) is 5.56 Å². The number of rotatable bonds is 5. The lowest BCUT2D eigenvalue weighted by molar-refractivity contribution is -0.385. The first-order valence-corrected chi connectivity index (χ1v) is 6.56. The molecule has 18 heavy (non-hydrogen) atoms. The lowest BCUT2D eigenvalue weighted by atomic mass is 10.2. The van der Waals surface area contributed by atoms with Crippen molar-refractivity contribution in [1.29, 1.82) is 0 Å². The van der Waals surface area contributed by atoms with Gasteiger partial charge in [-0.3, -0.25) is 10.1 Å². The monoisotopic (exact) mass is 262 g/mol. The van der Waals surface area contributed by atoms with Gasteiger partial charge in [0.1, 0.15) is 0 Å². The highest BCUT2D eigenvalue weighted by atomic mass is 32.1. The third-order valence-electron chi connectivity index (χ3n) is 2.67. The summed E-state index contributed by atoms with van der Waals surface area (Å²) in [5.74, 6) is 0. The number of nitro groups is 1. The maximum absolute atomic E-state index is 10.7. The SMILES string of the molecule is Cc1cc(NCCc2cccs2)ccc1[N+](=O)[O-]. The van der Waals surface area contributed by atoms with E-state index in [0.717, 1.165) is 18.7 Å². The minimum atomic E-state index is -0.356. The van der Waals surface area contributed by atoms with Crippen LogP contribution in [0.4, 0.5) is 11.4 Å². The third kappa shape index (κ3) is 3.07. The van der Waals surface area contributed by atoms with Crippen LogP contribution in [-0.4, -0.2) is 11.5 Å². The Balaban J connectivity index is 1.94. The predicted molar refractivity (Wildman–Crippen MR) is 74.3 cm³/mol. The molecule has 1 heterocycles. The molecule has 1 aromatic heterocycles. The van der Waals surface area contributed by atoms with E-state index in [1.54, 1.807) is 30.4 Å². The van der Waals surface area contributed by atoms with Crippen molar-refractivity contribution in [2.45, 2.75) is 13.3 Å². The summed E-state index contributed by atoms with van der Waals surface area (Å²) in [4.78, 5) is 11.7. The van der Waals surface area contributed by atoms with E-state index in [2.05, 4.69) is 16.8 Å². The first-order chi connectivity index (χ1) is 8.66. The van der Waals surface area contributed by atoms with Crippen molar-refractivity contribution in [1.82, 2.24) is 0 Å². The summed E-state index contributed by atoms with van der Waals surface area (Å²) >= 11 is 1.74. The fourth-order valence-corrected chi connectivity index (χ4v) is 2.46. The second-order valence-electron chi connectivity index (χ2n) is 4.01. The molecule has 0 bridgehead atoms. The summed E-state index contributed by atoms with van der Waals surface area (Å²) in [6.07, 6.45) is 0.966. The zero-order valence-corrected chi connectivity index (χ0v) is 10.9. The molecule has 0 aliphatic heterocycles. The second-order valence-corrected chi connectivity index (χ2v) is 5.05. The Hall–Kier alpha value is -1.88. The summed E-state index contributed by atoms with van der Waals surface area (Å²) < 4.78 is 0. The molecular formula is C13H14N2O2S. The van der Waals surface area contributed by atoms with Gasteiger partial charge in [-0.15, -0.1) is 11.3 Å². The fraction of sp³-hybridized carbons (Fsp3) is 0.231. The van der Waals surface area contributed by atoms with Crippen molar-refractivity contribution < 1.29 is 4.92 Å². The van der Waals surface area contributed by atoms with Gasteiger partial charge < -0.3 is 5.32 Å². The Morgan fingerprint density at radius 1 is 1.39 bits per heavy atom. The molecule has 2 aromatic rings. The van der Waals surface area contributed by atoms with E-state index in [-0.39, 0.29) is 10.6 Å². The minimum Gasteiger partial charge on any atom is -0.385 e. The molecule has 94 valence electrons. The van der Waals surface area contributed by atoms with Crippen LogP contribution in [0.2, 0.25) is 0 Å². The van der Waals surface area contributed by atoms with Crippen LogP contribution in [0.1, 0.15) is 10.4 Å². The van der Waals surface area contributed by atoms with Gasteiger partial charge in [0.25, 0.3) is 5.69 Å². The van der Waals surface area contributed by atoms with Crippen molar-refractivity contribution in [3.05, 3.63) is 56.3 Å². The van der Waals surface area contributed by atoms with Crippen LogP contribution in [-0.2, 0) is 6.42 Å². The van der Waals surface area contributed by atoms with Gasteiger partial charge in [-0.05, 0) is 36.9 Å². The molecule has 0 atom stereocenters. The van der Waals surface area contributed by atoms with E-state index < -0.39 is 0 Å². The van der Waals surface area contributed by atoms with Crippen molar-refractivity contribution in [2.75, 3.05) is 11.9 Å². The molecule has 0 radical (unpaired) electrons. The largest absolute Gasteiger partial charge is 0.385 e. The van der Waals surface area contributed by atoms with E-state index in [1.807, 2.05) is 12.1 Å². The molecule has 0 amide bonds. The van der Waals surface area contributed by atoms with Gasteiger partial charge in [0.15, 0.2) is 0 Å². The van der Waals surface area contributed by atoms with Crippen LogP contribution < -0.4 is 5.32 Å². The highest BCUT2D eigenvalue weighted by molar-refractivity contribution is 7.09. The van der Waals surface area contributed by atoms with Crippen molar-refractivity contribution in [3.8, 4) is 0 Å². The number of anilines is 1. The number of nitrogens with zero attached hydrogens (tertiary/aromatic N) is 1. The molecule has 2 rings (SSSR count). The van der Waals surface area contributed by atoms with Crippen LogP contribution in [0, 0.1) is 17.0 Å². The fourth-order valence-electron chi connectivity index (χ4n) is 1.76. The highest BCUT2D eigenvalue weighted by Crippen LogP contribution is 2.21. The molecule has 0 aliphatic rings. The molecule has 5 heteroatoms. The molecule has 0 unspecified atom stereocenters. The van der Waals surface area contributed by atoms with E-state index in [9.17, 15) is 10.1 Å². The molecule has 0 saturated carbocycles. The van der Waals surface area contributed by atoms with Gasteiger partial charge in [0.05, 0.1) is 4.92 Å². The zero-order valence-electron chi connectivity index (χ0n) is 10.1. The molecule has 1 N–H and O–H groups in total. The normalized spacial score (nSPS) is 10.3. The average Bonchev–Trinajstić information content (AvgIpc) is 2.81. The van der Waals surface area contributed by atoms with Crippen LogP contribution in [0.5, 0.6) is 0 Å². The summed E-state index contributed by atoms with van der Waals surface area (Å²) in [7, 11) is 0. The highest BCUT2D eigenvalue weighted by Gasteiger charge is 2.09. The van der Waals surface area contributed by atoms with Crippen LogP contribution >= 0.6 is 11.3 Å². The van der Waals surface area contributed by atoms with E-state index in [4.69, 9.17) is 0 Å². The van der Waals surface area contributed by atoms with Crippen molar-refractivity contribution in [2.24, 2.45) is 0 Å². The summed E-state index contributed by atoms with van der Waals surface area (Å²) in [6.45, 7) is 2.58. The van der Waals surface area contributed by atoms with Gasteiger partial charge in [0, 0.05) is 28.7 Å². The molecule has 0 fully saturated rings. The van der Waals surface area contributed by atoms with Gasteiger partial charge in [0.2, 0.25) is 0 Å². The predicted octanol–water partition coefficient (Wildman–Crippen LogP) is 3.62. The quantitative estimate of drug-likeness (QED) is 0.661. The van der Waals surface area contributed by atoms with Crippen molar-refractivity contribution in [3.63, 3.8) is 0 Å². The Morgan fingerprint density at radius 3 is 2.83 bits per heavy atom. The zero-order chi connectivity index (χ0) is 13.0. The first kappa shape index (κ1) is 12.6. The first-order valence-electron chi connectivity index (χ1n) is 5.68. The maximum Gasteiger partial charge on any atom is 0.272 e. The molecule has 0 saturated heterocycles. The van der Waals surface area contributed by atoms with E-state index >= 15 is 0 Å². The van der Waals surface area contributed by atoms with Gasteiger partial charge in [-0.1, -0.05) is 6.07 Å². The number of nitrogens with one attached hydrogen (secondary N) is 1. The third-order valence-corrected chi connectivity index (χ3v) is 3.61. The number of benzene rings is 1. The smallest absolute Gasteiger partial charge is 0.272 e. The summed E-state index contributed by atoms with van der Waals surface area (Å²) in [5.41, 5.74) is 1.77. The lowest BCUT2D eigenvalue weighted by Crippen LogP contribution is -2.04. The number of hydrogen-bond donors (Lipinski definition) is 1. The Morgan fingerprint density at radius 2 is 2.22 bits per heavy atom. The number of aryl methyl sites for hydroxylation is 1. The lowest BCUT2D eigenvalue weighted by Gasteiger charge is -2.06. The van der Waals surface area contributed by atoms with Crippen LogP contribution in [0.25, 0.3) is 0 Å². The average molecular weight is 262 g/mol. The molecule has 0 aliphatic carbocycles. The van der Waals surface area contributed by atoms with Gasteiger partial charge in [-0.2, -0.15) is 0 Å². The maximum atomic E-state index is 10.7. The van der Waals surface area contributed by atoms with Crippen molar-refractivity contribution >= 4 is 22.7 Å². The Labute approximate surface area is 109 Å².